The number of thiazole rings is 1. The molecule has 0 aliphatic carbocycles. The highest BCUT2D eigenvalue weighted by Crippen LogP contribution is 2.28. The molecule has 1 aromatic rings. The summed E-state index contributed by atoms with van der Waals surface area (Å²) in [5, 5.41) is 4.67. The Morgan fingerprint density at radius 1 is 1.33 bits per heavy atom. The summed E-state index contributed by atoms with van der Waals surface area (Å²) in [6.07, 6.45) is 4.36. The Morgan fingerprint density at radius 3 is 2.61 bits per heavy atom. The summed E-state index contributed by atoms with van der Waals surface area (Å²) in [5.74, 6) is 0. The predicted octanol–water partition coefficient (Wildman–Crippen LogP) is 3.83. The molecule has 0 aliphatic heterocycles. The summed E-state index contributed by atoms with van der Waals surface area (Å²) < 4.78 is 0. The molecule has 4 heteroatoms. The van der Waals surface area contributed by atoms with Gasteiger partial charge in [0, 0.05) is 29.7 Å². The van der Waals surface area contributed by atoms with E-state index in [-0.39, 0.29) is 0 Å². The third-order valence-electron chi connectivity index (χ3n) is 3.35. The van der Waals surface area contributed by atoms with Crippen LogP contribution in [0.4, 0.5) is 5.13 Å². The molecule has 0 aliphatic rings. The zero-order chi connectivity index (χ0) is 13.5. The van der Waals surface area contributed by atoms with Crippen LogP contribution in [0.15, 0.2) is 6.20 Å². The largest absolute Gasteiger partial charge is 0.346 e. The Hall–Kier alpha value is -0.610. The van der Waals surface area contributed by atoms with Gasteiger partial charge in [0.2, 0.25) is 0 Å². The summed E-state index contributed by atoms with van der Waals surface area (Å²) in [6, 6.07) is 0.972. The lowest BCUT2D eigenvalue weighted by Crippen LogP contribution is -2.32. The molecule has 0 saturated heterocycles. The van der Waals surface area contributed by atoms with Crippen molar-refractivity contribution < 1.29 is 0 Å². The second-order valence-electron chi connectivity index (χ2n) is 4.76. The summed E-state index contributed by atoms with van der Waals surface area (Å²) >= 11 is 1.82. The highest BCUT2D eigenvalue weighted by atomic mass is 32.1. The van der Waals surface area contributed by atoms with Crippen molar-refractivity contribution in [3.63, 3.8) is 0 Å². The molecular formula is C14H27N3S. The standard InChI is InChI=1S/C14H27N3S/c1-6-9-15-12(5)13-10-16-14(18-13)17(8-3)11(4)7-2/h10-12,15H,6-9H2,1-5H3. The van der Waals surface area contributed by atoms with Gasteiger partial charge in [-0.15, -0.1) is 11.3 Å². The topological polar surface area (TPSA) is 28.2 Å². The Bertz CT molecular complexity index is 338. The first-order valence-electron chi connectivity index (χ1n) is 7.09. The maximum atomic E-state index is 4.59. The van der Waals surface area contributed by atoms with Crippen LogP contribution in [-0.4, -0.2) is 24.1 Å². The van der Waals surface area contributed by atoms with Crippen LogP contribution in [0.25, 0.3) is 0 Å². The maximum absolute atomic E-state index is 4.59. The van der Waals surface area contributed by atoms with Crippen molar-refractivity contribution in [2.24, 2.45) is 0 Å². The van der Waals surface area contributed by atoms with E-state index in [1.54, 1.807) is 0 Å². The van der Waals surface area contributed by atoms with Gasteiger partial charge in [-0.2, -0.15) is 0 Å². The Morgan fingerprint density at radius 2 is 2.06 bits per heavy atom. The molecule has 1 aromatic heterocycles. The monoisotopic (exact) mass is 269 g/mol. The number of aromatic nitrogens is 1. The van der Waals surface area contributed by atoms with Gasteiger partial charge < -0.3 is 10.2 Å². The average Bonchev–Trinajstić information content (AvgIpc) is 2.86. The normalized spacial score (nSPS) is 14.5. The van der Waals surface area contributed by atoms with Crippen molar-refractivity contribution in [2.45, 2.75) is 59.5 Å². The highest BCUT2D eigenvalue weighted by Gasteiger charge is 2.16. The van der Waals surface area contributed by atoms with Crippen LogP contribution >= 0.6 is 11.3 Å². The smallest absolute Gasteiger partial charge is 0.185 e. The van der Waals surface area contributed by atoms with Crippen LogP contribution in [0, 0.1) is 0 Å². The van der Waals surface area contributed by atoms with Crippen molar-refractivity contribution in [3.8, 4) is 0 Å². The number of hydrogen-bond acceptors (Lipinski definition) is 4. The van der Waals surface area contributed by atoms with Crippen molar-refractivity contribution in [1.82, 2.24) is 10.3 Å². The van der Waals surface area contributed by atoms with E-state index >= 15 is 0 Å². The third-order valence-corrected chi connectivity index (χ3v) is 4.57. The van der Waals surface area contributed by atoms with E-state index in [1.165, 1.54) is 11.3 Å². The number of nitrogens with zero attached hydrogens (tertiary/aromatic N) is 2. The molecule has 2 unspecified atom stereocenters. The predicted molar refractivity (Wildman–Crippen MR) is 81.6 cm³/mol. The summed E-state index contributed by atoms with van der Waals surface area (Å²) in [6.45, 7) is 13.2. The maximum Gasteiger partial charge on any atom is 0.185 e. The second kappa shape index (κ2) is 7.74. The van der Waals surface area contributed by atoms with Gasteiger partial charge in [-0.25, -0.2) is 4.98 Å². The highest BCUT2D eigenvalue weighted by molar-refractivity contribution is 7.15. The molecule has 0 aromatic carbocycles. The molecule has 0 radical (unpaired) electrons. The fourth-order valence-corrected chi connectivity index (χ4v) is 3.04. The Kier molecular flexibility index (Phi) is 6.65. The zero-order valence-electron chi connectivity index (χ0n) is 12.4. The average molecular weight is 269 g/mol. The van der Waals surface area contributed by atoms with Gasteiger partial charge in [0.05, 0.1) is 0 Å². The molecular weight excluding hydrogens is 242 g/mol. The minimum absolute atomic E-state index is 0.409. The van der Waals surface area contributed by atoms with Gasteiger partial charge in [-0.3, -0.25) is 0 Å². The molecule has 1 heterocycles. The van der Waals surface area contributed by atoms with Crippen molar-refractivity contribution in [3.05, 3.63) is 11.1 Å². The first-order valence-corrected chi connectivity index (χ1v) is 7.91. The lowest BCUT2D eigenvalue weighted by atomic mass is 10.2. The lowest BCUT2D eigenvalue weighted by molar-refractivity contribution is 0.577. The number of anilines is 1. The van der Waals surface area contributed by atoms with E-state index in [1.807, 2.05) is 17.5 Å². The minimum atomic E-state index is 0.409. The van der Waals surface area contributed by atoms with E-state index in [0.717, 1.165) is 24.6 Å². The van der Waals surface area contributed by atoms with Gasteiger partial charge in [0.25, 0.3) is 0 Å². The molecule has 0 bridgehead atoms. The van der Waals surface area contributed by atoms with E-state index in [4.69, 9.17) is 0 Å². The van der Waals surface area contributed by atoms with Crippen molar-refractivity contribution in [1.29, 1.82) is 0 Å². The zero-order valence-corrected chi connectivity index (χ0v) is 13.2. The Balaban J connectivity index is 2.71. The molecule has 3 nitrogen and oxygen atoms in total. The molecule has 1 N–H and O–H groups in total. The molecule has 0 amide bonds. The van der Waals surface area contributed by atoms with E-state index < -0.39 is 0 Å². The third kappa shape index (κ3) is 3.95. The minimum Gasteiger partial charge on any atom is -0.346 e. The number of nitrogens with one attached hydrogen (secondary N) is 1. The molecule has 2 atom stereocenters. The van der Waals surface area contributed by atoms with Gasteiger partial charge in [0.15, 0.2) is 5.13 Å². The molecule has 0 saturated carbocycles. The SMILES string of the molecule is CCCNC(C)c1cnc(N(CC)C(C)CC)s1. The van der Waals surface area contributed by atoms with Crippen LogP contribution in [0.5, 0.6) is 0 Å². The lowest BCUT2D eigenvalue weighted by Gasteiger charge is -2.26. The number of hydrogen-bond donors (Lipinski definition) is 1. The fraction of sp³-hybridized carbons (Fsp3) is 0.786. The first kappa shape index (κ1) is 15.4. The molecule has 1 rings (SSSR count). The fourth-order valence-electron chi connectivity index (χ4n) is 1.93. The van der Waals surface area contributed by atoms with Gasteiger partial charge >= 0.3 is 0 Å². The number of rotatable bonds is 8. The quantitative estimate of drug-likeness (QED) is 0.777. The second-order valence-corrected chi connectivity index (χ2v) is 5.80. The van der Waals surface area contributed by atoms with E-state index in [2.05, 4.69) is 49.8 Å². The molecule has 18 heavy (non-hydrogen) atoms. The van der Waals surface area contributed by atoms with Crippen LogP contribution < -0.4 is 10.2 Å². The van der Waals surface area contributed by atoms with E-state index in [9.17, 15) is 0 Å². The van der Waals surface area contributed by atoms with Crippen LogP contribution in [0.2, 0.25) is 0 Å². The van der Waals surface area contributed by atoms with Crippen LogP contribution in [0.1, 0.15) is 58.4 Å². The summed E-state index contributed by atoms with van der Waals surface area (Å²) in [7, 11) is 0. The summed E-state index contributed by atoms with van der Waals surface area (Å²) in [5.41, 5.74) is 0. The van der Waals surface area contributed by atoms with Gasteiger partial charge in [0.1, 0.15) is 0 Å². The van der Waals surface area contributed by atoms with Crippen molar-refractivity contribution >= 4 is 16.5 Å². The van der Waals surface area contributed by atoms with Crippen molar-refractivity contribution in [2.75, 3.05) is 18.0 Å². The molecule has 104 valence electrons. The van der Waals surface area contributed by atoms with E-state index in [0.29, 0.717) is 12.1 Å². The first-order chi connectivity index (χ1) is 8.63. The Labute approximate surface area is 116 Å². The van der Waals surface area contributed by atoms with Gasteiger partial charge in [-0.05, 0) is 40.2 Å². The van der Waals surface area contributed by atoms with Crippen LogP contribution in [-0.2, 0) is 0 Å². The summed E-state index contributed by atoms with van der Waals surface area (Å²) in [4.78, 5) is 8.31. The van der Waals surface area contributed by atoms with Crippen LogP contribution in [0.3, 0.4) is 0 Å². The van der Waals surface area contributed by atoms with Gasteiger partial charge in [-0.1, -0.05) is 13.8 Å². The molecule has 0 spiro atoms. The molecule has 0 fully saturated rings.